The Kier molecular flexibility index (Phi) is 7.29. The van der Waals surface area contributed by atoms with Crippen molar-refractivity contribution in [1.29, 1.82) is 0 Å². The Balaban J connectivity index is 0.000000383. The first-order chi connectivity index (χ1) is 15.6. The number of amides is 1. The number of nitrogens with two attached hydrogens (primary N) is 1. The van der Waals surface area contributed by atoms with Crippen molar-refractivity contribution in [3.05, 3.63) is 59.4 Å². The third-order valence-electron chi connectivity index (χ3n) is 5.06. The summed E-state index contributed by atoms with van der Waals surface area (Å²) < 4.78 is 39.2. The molecule has 33 heavy (non-hydrogen) atoms. The number of halogens is 3. The highest BCUT2D eigenvalue weighted by atomic mass is 19.4. The molecule has 0 aliphatic carbocycles. The van der Waals surface area contributed by atoms with Gasteiger partial charge in [0.05, 0.1) is 13.2 Å². The van der Waals surface area contributed by atoms with E-state index < -0.39 is 12.1 Å². The summed E-state index contributed by atoms with van der Waals surface area (Å²) in [5, 5.41) is 17.3. The molecule has 1 atom stereocenters. The van der Waals surface area contributed by atoms with Gasteiger partial charge in [-0.15, -0.1) is 5.10 Å². The summed E-state index contributed by atoms with van der Waals surface area (Å²) in [6.45, 7) is 1.70. The van der Waals surface area contributed by atoms with Crippen LogP contribution in [0.5, 0.6) is 0 Å². The summed E-state index contributed by atoms with van der Waals surface area (Å²) >= 11 is 0. The van der Waals surface area contributed by atoms with Crippen LogP contribution in [0.2, 0.25) is 0 Å². The average Bonchev–Trinajstić information content (AvgIpc) is 3.18. The molecular weight excluding hydrogens is 443 g/mol. The van der Waals surface area contributed by atoms with Crippen molar-refractivity contribution in [3.63, 3.8) is 0 Å². The zero-order valence-corrected chi connectivity index (χ0v) is 17.6. The fraction of sp³-hybridized carbons (Fsp3) is 0.333. The van der Waals surface area contributed by atoms with Crippen LogP contribution in [0.25, 0.3) is 10.8 Å². The van der Waals surface area contributed by atoms with E-state index in [9.17, 15) is 18.0 Å². The van der Waals surface area contributed by atoms with Crippen molar-refractivity contribution in [2.45, 2.75) is 18.8 Å². The predicted octanol–water partition coefficient (Wildman–Crippen LogP) is 2.27. The Morgan fingerprint density at radius 3 is 2.55 bits per heavy atom. The van der Waals surface area contributed by atoms with E-state index in [4.69, 9.17) is 20.4 Å². The highest BCUT2D eigenvalue weighted by molar-refractivity contribution is 5.93. The number of aryl methyl sites for hydroxylation is 1. The number of ether oxygens (including phenoxy) is 1. The molecule has 0 radical (unpaired) electrons. The molecule has 1 saturated heterocycles. The van der Waals surface area contributed by atoms with Crippen LogP contribution in [-0.4, -0.2) is 62.7 Å². The number of hydrogen-bond acceptors (Lipinski definition) is 6. The molecule has 1 amide bonds. The Morgan fingerprint density at radius 1 is 1.21 bits per heavy atom. The third kappa shape index (κ3) is 5.46. The first-order valence-electron chi connectivity index (χ1n) is 9.90. The van der Waals surface area contributed by atoms with E-state index >= 15 is 0 Å². The summed E-state index contributed by atoms with van der Waals surface area (Å²) in [5.41, 5.74) is 7.77. The number of carboxylic acid groups (broad SMARTS) is 1. The van der Waals surface area contributed by atoms with Gasteiger partial charge < -0.3 is 20.5 Å². The zero-order chi connectivity index (χ0) is 24.2. The van der Waals surface area contributed by atoms with Crippen LogP contribution in [0, 0.1) is 0 Å². The molecule has 3 aromatic rings. The number of hydrogen-bond donors (Lipinski definition) is 2. The van der Waals surface area contributed by atoms with Gasteiger partial charge in [0.15, 0.2) is 5.69 Å². The van der Waals surface area contributed by atoms with Gasteiger partial charge in [-0.25, -0.2) is 9.48 Å². The number of aromatic nitrogens is 3. The topological polar surface area (TPSA) is 124 Å². The van der Waals surface area contributed by atoms with Crippen LogP contribution in [-0.2, 0) is 23.1 Å². The van der Waals surface area contributed by atoms with Crippen LogP contribution >= 0.6 is 0 Å². The monoisotopic (exact) mass is 465 g/mol. The molecule has 12 heteroatoms. The Labute approximate surface area is 186 Å². The quantitative estimate of drug-likeness (QED) is 0.608. The lowest BCUT2D eigenvalue weighted by atomic mass is 9.99. The number of morpholine rings is 1. The van der Waals surface area contributed by atoms with Crippen LogP contribution in [0.3, 0.4) is 0 Å². The molecule has 9 nitrogen and oxygen atoms in total. The zero-order valence-electron chi connectivity index (χ0n) is 17.6. The van der Waals surface area contributed by atoms with Crippen molar-refractivity contribution in [3.8, 4) is 0 Å². The Bertz CT molecular complexity index is 1140. The highest BCUT2D eigenvalue weighted by Gasteiger charge is 2.38. The van der Waals surface area contributed by atoms with Crippen molar-refractivity contribution in [1.82, 2.24) is 19.9 Å². The molecule has 1 aromatic heterocycles. The summed E-state index contributed by atoms with van der Waals surface area (Å²) in [5.74, 6) is -2.86. The molecule has 1 unspecified atom stereocenters. The lowest BCUT2D eigenvalue weighted by molar-refractivity contribution is -0.192. The lowest BCUT2D eigenvalue weighted by Gasteiger charge is -2.33. The van der Waals surface area contributed by atoms with Crippen LogP contribution in [0.4, 0.5) is 13.2 Å². The van der Waals surface area contributed by atoms with Gasteiger partial charge >= 0.3 is 12.1 Å². The van der Waals surface area contributed by atoms with Crippen LogP contribution < -0.4 is 5.73 Å². The van der Waals surface area contributed by atoms with Gasteiger partial charge in [0, 0.05) is 20.1 Å². The number of carbonyl (C=O) groups is 2. The van der Waals surface area contributed by atoms with Crippen molar-refractivity contribution in [2.75, 3.05) is 19.7 Å². The minimum Gasteiger partial charge on any atom is -0.475 e. The molecule has 1 aliphatic heterocycles. The van der Waals surface area contributed by atoms with E-state index in [1.165, 1.54) is 10.1 Å². The molecule has 0 saturated carbocycles. The largest absolute Gasteiger partial charge is 0.490 e. The van der Waals surface area contributed by atoms with Crippen LogP contribution in [0.1, 0.15) is 27.8 Å². The number of fused-ring (bicyclic) bond motifs is 1. The SMILES string of the molecule is Cn1nnc(CN)c1C(=O)N1CCOC(c2cccc3ccccc23)C1.O=C(O)C(F)(F)F. The number of carbonyl (C=O) groups excluding carboxylic acids is 1. The molecular formula is C21H22F3N5O4. The van der Waals surface area contributed by atoms with E-state index in [1.54, 1.807) is 11.9 Å². The number of aliphatic carboxylic acids is 1. The maximum atomic E-state index is 13.0. The first-order valence-corrected chi connectivity index (χ1v) is 9.90. The normalized spacial score (nSPS) is 16.3. The standard InChI is InChI=1S/C19H21N5O2.C2HF3O2/c1-23-18(16(11-20)21-22-23)19(25)24-9-10-26-17(12-24)15-8-4-6-13-5-2-3-7-14(13)15;3-2(4,5)1(6)7/h2-8,17H,9-12,20H2,1H3;(H,6,7). The van der Waals surface area contributed by atoms with E-state index in [2.05, 4.69) is 34.6 Å². The number of nitrogens with zero attached hydrogens (tertiary/aromatic N) is 4. The summed E-state index contributed by atoms with van der Waals surface area (Å²) in [6.07, 6.45) is -5.25. The van der Waals surface area contributed by atoms with Crippen LogP contribution in [0.15, 0.2) is 42.5 Å². The van der Waals surface area contributed by atoms with E-state index in [-0.39, 0.29) is 18.6 Å². The first kappa shape index (κ1) is 24.1. The number of benzene rings is 2. The minimum atomic E-state index is -5.08. The molecule has 1 aliphatic rings. The third-order valence-corrected chi connectivity index (χ3v) is 5.06. The molecule has 0 bridgehead atoms. The average molecular weight is 465 g/mol. The van der Waals surface area contributed by atoms with Crippen molar-refractivity contribution in [2.24, 2.45) is 12.8 Å². The maximum Gasteiger partial charge on any atom is 0.490 e. The summed E-state index contributed by atoms with van der Waals surface area (Å²) in [7, 11) is 1.71. The smallest absolute Gasteiger partial charge is 0.475 e. The fourth-order valence-corrected chi connectivity index (χ4v) is 3.50. The second kappa shape index (κ2) is 9.96. The Hall–Kier alpha value is -3.51. The molecule has 2 aromatic carbocycles. The van der Waals surface area contributed by atoms with E-state index in [1.807, 2.05) is 18.2 Å². The molecule has 4 rings (SSSR count). The highest BCUT2D eigenvalue weighted by Crippen LogP contribution is 2.29. The lowest BCUT2D eigenvalue weighted by Crippen LogP contribution is -2.43. The maximum absolute atomic E-state index is 13.0. The molecule has 176 valence electrons. The summed E-state index contributed by atoms with van der Waals surface area (Å²) in [6, 6.07) is 14.4. The van der Waals surface area contributed by atoms with Gasteiger partial charge in [-0.05, 0) is 16.3 Å². The van der Waals surface area contributed by atoms with E-state index in [0.717, 1.165) is 10.9 Å². The van der Waals surface area contributed by atoms with Crippen molar-refractivity contribution >= 4 is 22.6 Å². The van der Waals surface area contributed by atoms with Gasteiger partial charge in [0.25, 0.3) is 5.91 Å². The minimum absolute atomic E-state index is 0.105. The number of carboxylic acids is 1. The molecule has 0 spiro atoms. The van der Waals surface area contributed by atoms with E-state index in [0.29, 0.717) is 31.1 Å². The predicted molar refractivity (Wildman–Crippen MR) is 111 cm³/mol. The fourth-order valence-electron chi connectivity index (χ4n) is 3.50. The van der Waals surface area contributed by atoms with Gasteiger partial charge in [-0.2, -0.15) is 13.2 Å². The summed E-state index contributed by atoms with van der Waals surface area (Å²) in [4.78, 5) is 23.7. The molecule has 1 fully saturated rings. The molecule has 3 N–H and O–H groups in total. The van der Waals surface area contributed by atoms with Crippen molar-refractivity contribution < 1.29 is 32.6 Å². The number of alkyl halides is 3. The van der Waals surface area contributed by atoms with Gasteiger partial charge in [0.1, 0.15) is 11.8 Å². The number of rotatable bonds is 3. The Morgan fingerprint density at radius 2 is 1.88 bits per heavy atom. The second-order valence-corrected chi connectivity index (χ2v) is 7.19. The second-order valence-electron chi connectivity index (χ2n) is 7.19. The van der Waals surface area contributed by atoms with Gasteiger partial charge in [-0.3, -0.25) is 4.79 Å². The van der Waals surface area contributed by atoms with Gasteiger partial charge in [-0.1, -0.05) is 47.7 Å². The van der Waals surface area contributed by atoms with Gasteiger partial charge in [0.2, 0.25) is 0 Å². The molecule has 2 heterocycles.